The van der Waals surface area contributed by atoms with Crippen LogP contribution in [0.15, 0.2) is 24.3 Å². The molecule has 0 unspecified atom stereocenters. The summed E-state index contributed by atoms with van der Waals surface area (Å²) >= 11 is 0. The van der Waals surface area contributed by atoms with Crippen LogP contribution < -0.4 is 10.2 Å². The maximum absolute atomic E-state index is 11.9. The van der Waals surface area contributed by atoms with E-state index in [4.69, 9.17) is 0 Å². The van der Waals surface area contributed by atoms with Gasteiger partial charge in [0, 0.05) is 11.3 Å². The van der Waals surface area contributed by atoms with Crippen LogP contribution in [0.25, 0.3) is 0 Å². The van der Waals surface area contributed by atoms with Crippen molar-refractivity contribution >= 4 is 29.3 Å². The van der Waals surface area contributed by atoms with Crippen molar-refractivity contribution < 1.29 is 23.9 Å². The number of nitrogens with one attached hydrogen (secondary N) is 1. The van der Waals surface area contributed by atoms with Gasteiger partial charge in [-0.3, -0.25) is 14.4 Å². The lowest BCUT2D eigenvalue weighted by Gasteiger charge is -2.26. The van der Waals surface area contributed by atoms with Gasteiger partial charge in [0.1, 0.15) is 6.54 Å². The van der Waals surface area contributed by atoms with Gasteiger partial charge in [-0.05, 0) is 19.1 Å². The lowest BCUT2D eigenvalue weighted by Crippen LogP contribution is -2.51. The zero-order chi connectivity index (χ0) is 15.4. The molecule has 1 aromatic rings. The number of rotatable bonds is 4. The fraction of sp³-hybridized carbons (Fsp3) is 0.286. The van der Waals surface area contributed by atoms with Gasteiger partial charge in [0.25, 0.3) is 5.78 Å². The van der Waals surface area contributed by atoms with Crippen LogP contribution in [0.3, 0.4) is 0 Å². The van der Waals surface area contributed by atoms with E-state index in [0.717, 1.165) is 0 Å². The highest BCUT2D eigenvalue weighted by Crippen LogP contribution is 2.18. The molecule has 0 atom stereocenters. The molecular weight excluding hydrogens is 276 g/mol. The van der Waals surface area contributed by atoms with Crippen molar-refractivity contribution in [2.75, 3.05) is 24.6 Å². The van der Waals surface area contributed by atoms with Gasteiger partial charge >= 0.3 is 5.97 Å². The molecule has 2 rings (SSSR count). The fourth-order valence-electron chi connectivity index (χ4n) is 1.92. The standard InChI is InChI=1S/C14H14N2O5/c1-2-21-14(20)13(19)9-4-3-5-10(6-9)16-8-11(17)15-7-12(16)18/h3-6H,2,7-8H2,1H3,(H,15,17). The average molecular weight is 290 g/mol. The van der Waals surface area contributed by atoms with Gasteiger partial charge in [0.15, 0.2) is 0 Å². The molecule has 1 aliphatic rings. The summed E-state index contributed by atoms with van der Waals surface area (Å²) in [6.45, 7) is 1.51. The number of piperazine rings is 1. The summed E-state index contributed by atoms with van der Waals surface area (Å²) in [5.41, 5.74) is 0.509. The molecule has 7 heteroatoms. The number of carbonyl (C=O) groups is 4. The van der Waals surface area contributed by atoms with E-state index < -0.39 is 11.8 Å². The fourth-order valence-corrected chi connectivity index (χ4v) is 1.92. The summed E-state index contributed by atoms with van der Waals surface area (Å²) < 4.78 is 4.65. The van der Waals surface area contributed by atoms with Crippen LogP contribution in [0.5, 0.6) is 0 Å². The van der Waals surface area contributed by atoms with Crippen molar-refractivity contribution in [3.63, 3.8) is 0 Å². The van der Waals surface area contributed by atoms with E-state index in [1.54, 1.807) is 19.1 Å². The number of ketones is 1. The first-order chi connectivity index (χ1) is 10.0. The van der Waals surface area contributed by atoms with Gasteiger partial charge in [-0.1, -0.05) is 12.1 Å². The molecule has 1 heterocycles. The Morgan fingerprint density at radius 3 is 2.81 bits per heavy atom. The van der Waals surface area contributed by atoms with Crippen LogP contribution in [0.2, 0.25) is 0 Å². The van der Waals surface area contributed by atoms with Gasteiger partial charge in [-0.2, -0.15) is 0 Å². The largest absolute Gasteiger partial charge is 0.460 e. The second-order valence-corrected chi connectivity index (χ2v) is 4.36. The average Bonchev–Trinajstić information content (AvgIpc) is 2.49. The first kappa shape index (κ1) is 14.7. The third-order valence-electron chi connectivity index (χ3n) is 2.92. The van der Waals surface area contributed by atoms with Gasteiger partial charge in [0.05, 0.1) is 13.2 Å². The van der Waals surface area contributed by atoms with Gasteiger partial charge in [-0.15, -0.1) is 0 Å². The third kappa shape index (κ3) is 3.25. The van der Waals surface area contributed by atoms with Crippen molar-refractivity contribution in [1.29, 1.82) is 0 Å². The Kier molecular flexibility index (Phi) is 4.32. The second kappa shape index (κ2) is 6.17. The second-order valence-electron chi connectivity index (χ2n) is 4.36. The predicted octanol–water partition coefficient (Wildman–Crippen LogP) is -0.105. The van der Waals surface area contributed by atoms with E-state index in [0.29, 0.717) is 5.69 Å². The third-order valence-corrected chi connectivity index (χ3v) is 2.92. The molecular formula is C14H14N2O5. The molecule has 1 fully saturated rings. The van der Waals surface area contributed by atoms with Gasteiger partial charge in [-0.25, -0.2) is 4.79 Å². The minimum absolute atomic E-state index is 0.0884. The molecule has 1 saturated heterocycles. The molecule has 0 aromatic heterocycles. The molecule has 1 N–H and O–H groups in total. The Labute approximate surface area is 120 Å². The molecule has 21 heavy (non-hydrogen) atoms. The minimum atomic E-state index is -0.947. The topological polar surface area (TPSA) is 92.8 Å². The van der Waals surface area contributed by atoms with E-state index in [2.05, 4.69) is 10.1 Å². The predicted molar refractivity (Wildman–Crippen MR) is 72.8 cm³/mol. The summed E-state index contributed by atoms with van der Waals surface area (Å²) in [4.78, 5) is 47.7. The van der Waals surface area contributed by atoms with Crippen molar-refractivity contribution in [2.45, 2.75) is 6.92 Å². The Balaban J connectivity index is 2.25. The van der Waals surface area contributed by atoms with Gasteiger partial charge < -0.3 is 15.0 Å². The molecule has 0 aliphatic carbocycles. The number of nitrogens with zero attached hydrogens (tertiary/aromatic N) is 1. The summed E-state index contributed by atoms with van der Waals surface area (Å²) in [5.74, 6) is -2.29. The lowest BCUT2D eigenvalue weighted by molar-refractivity contribution is -0.137. The van der Waals surface area contributed by atoms with Crippen LogP contribution in [-0.4, -0.2) is 43.3 Å². The van der Waals surface area contributed by atoms with E-state index >= 15 is 0 Å². The number of carbonyl (C=O) groups excluding carboxylic acids is 4. The summed E-state index contributed by atoms with van der Waals surface area (Å²) in [7, 11) is 0. The molecule has 1 aliphatic heterocycles. The SMILES string of the molecule is CCOC(=O)C(=O)c1cccc(N2CC(=O)NCC2=O)c1. The van der Waals surface area contributed by atoms with Crippen molar-refractivity contribution in [3.05, 3.63) is 29.8 Å². The van der Waals surface area contributed by atoms with E-state index in [1.165, 1.54) is 17.0 Å². The van der Waals surface area contributed by atoms with E-state index in [1.807, 2.05) is 0 Å². The van der Waals surface area contributed by atoms with Crippen LogP contribution in [-0.2, 0) is 19.1 Å². The first-order valence-corrected chi connectivity index (χ1v) is 6.41. The molecule has 0 saturated carbocycles. The number of hydrogen-bond donors (Lipinski definition) is 1. The Morgan fingerprint density at radius 2 is 2.10 bits per heavy atom. The Morgan fingerprint density at radius 1 is 1.33 bits per heavy atom. The highest BCUT2D eigenvalue weighted by Gasteiger charge is 2.25. The minimum Gasteiger partial charge on any atom is -0.460 e. The van der Waals surface area contributed by atoms with Crippen LogP contribution in [0, 0.1) is 0 Å². The van der Waals surface area contributed by atoms with Crippen LogP contribution in [0.4, 0.5) is 5.69 Å². The molecule has 1 aromatic carbocycles. The summed E-state index contributed by atoms with van der Waals surface area (Å²) in [6.07, 6.45) is 0. The van der Waals surface area contributed by atoms with E-state index in [9.17, 15) is 19.2 Å². The normalized spacial score (nSPS) is 14.6. The number of esters is 1. The molecule has 0 bridgehead atoms. The van der Waals surface area contributed by atoms with Crippen molar-refractivity contribution in [3.8, 4) is 0 Å². The zero-order valence-electron chi connectivity index (χ0n) is 11.4. The molecule has 0 spiro atoms. The summed E-state index contributed by atoms with van der Waals surface area (Å²) in [5, 5.41) is 2.43. The number of amides is 2. The molecule has 2 amide bonds. The summed E-state index contributed by atoms with van der Waals surface area (Å²) in [6, 6.07) is 5.99. The highest BCUT2D eigenvalue weighted by atomic mass is 16.5. The molecule has 110 valence electrons. The maximum atomic E-state index is 11.9. The number of Topliss-reactive ketones (excluding diaryl/α,β-unsaturated/α-hetero) is 1. The lowest BCUT2D eigenvalue weighted by atomic mass is 10.1. The zero-order valence-corrected chi connectivity index (χ0v) is 11.4. The Bertz CT molecular complexity index is 611. The van der Waals surface area contributed by atoms with Crippen molar-refractivity contribution in [2.24, 2.45) is 0 Å². The van der Waals surface area contributed by atoms with Gasteiger partial charge in [0.2, 0.25) is 11.8 Å². The monoisotopic (exact) mass is 290 g/mol. The molecule has 7 nitrogen and oxygen atoms in total. The number of ether oxygens (including phenoxy) is 1. The Hall–Kier alpha value is -2.70. The maximum Gasteiger partial charge on any atom is 0.379 e. The highest BCUT2D eigenvalue weighted by molar-refractivity contribution is 6.40. The molecule has 0 radical (unpaired) electrons. The number of benzene rings is 1. The van der Waals surface area contributed by atoms with Crippen LogP contribution in [0.1, 0.15) is 17.3 Å². The smallest absolute Gasteiger partial charge is 0.379 e. The van der Waals surface area contributed by atoms with E-state index in [-0.39, 0.29) is 37.1 Å². The number of anilines is 1. The quantitative estimate of drug-likeness (QED) is 0.474. The van der Waals surface area contributed by atoms with Crippen molar-refractivity contribution in [1.82, 2.24) is 5.32 Å². The number of hydrogen-bond acceptors (Lipinski definition) is 5. The van der Waals surface area contributed by atoms with Crippen LogP contribution >= 0.6 is 0 Å². The first-order valence-electron chi connectivity index (χ1n) is 6.41.